The molecule has 3 atom stereocenters. The van der Waals surface area contributed by atoms with E-state index in [2.05, 4.69) is 21.3 Å². The van der Waals surface area contributed by atoms with Crippen molar-refractivity contribution in [3.63, 3.8) is 0 Å². The van der Waals surface area contributed by atoms with E-state index in [-0.39, 0.29) is 67.5 Å². The lowest BCUT2D eigenvalue weighted by atomic mass is 9.95. The van der Waals surface area contributed by atoms with Gasteiger partial charge in [-0.25, -0.2) is 14.0 Å². The Balaban J connectivity index is 1.12. The van der Waals surface area contributed by atoms with Crippen molar-refractivity contribution < 1.29 is 52.0 Å². The highest BCUT2D eigenvalue weighted by atomic mass is 19.1. The van der Waals surface area contributed by atoms with Crippen molar-refractivity contribution in [2.45, 2.75) is 69.9 Å². The van der Waals surface area contributed by atoms with Crippen LogP contribution in [0.25, 0.3) is 11.1 Å². The van der Waals surface area contributed by atoms with Crippen molar-refractivity contribution in [2.75, 3.05) is 40.3 Å². The predicted molar refractivity (Wildman–Crippen MR) is 252 cm³/mol. The van der Waals surface area contributed by atoms with Gasteiger partial charge in [0.15, 0.2) is 17.3 Å². The van der Waals surface area contributed by atoms with Crippen LogP contribution in [0.5, 0.6) is 23.0 Å². The van der Waals surface area contributed by atoms with Crippen LogP contribution in [0.1, 0.15) is 59.5 Å². The number of rotatable bonds is 20. The third-order valence-corrected chi connectivity index (χ3v) is 11.4. The van der Waals surface area contributed by atoms with E-state index in [1.54, 1.807) is 30.3 Å². The van der Waals surface area contributed by atoms with Crippen LogP contribution < -0.4 is 51.4 Å². The molecule has 5 aromatic carbocycles. The van der Waals surface area contributed by atoms with Crippen LogP contribution in [-0.4, -0.2) is 71.1 Å². The molecule has 358 valence electrons. The quantitative estimate of drug-likeness (QED) is 0.0505. The van der Waals surface area contributed by atoms with Crippen LogP contribution in [0.3, 0.4) is 0 Å². The zero-order chi connectivity index (χ0) is 48.6. The van der Waals surface area contributed by atoms with Crippen LogP contribution in [0.4, 0.5) is 19.7 Å². The lowest BCUT2D eigenvalue weighted by Gasteiger charge is -2.23. The number of nitrogens with one attached hydrogen (secondary N) is 4. The van der Waals surface area contributed by atoms with Crippen molar-refractivity contribution in [3.8, 4) is 34.1 Å². The van der Waals surface area contributed by atoms with Crippen molar-refractivity contribution in [1.29, 1.82) is 0 Å². The molecule has 1 aliphatic rings. The fraction of sp³-hybridized carbons (Fsp3) is 0.314. The molecule has 0 radical (unpaired) electrons. The van der Waals surface area contributed by atoms with Crippen LogP contribution in [0.2, 0.25) is 0 Å². The summed E-state index contributed by atoms with van der Waals surface area (Å²) in [5.74, 6) is -1.63. The summed E-state index contributed by atoms with van der Waals surface area (Å²) in [4.78, 5) is 67.2. The molecule has 68 heavy (non-hydrogen) atoms. The summed E-state index contributed by atoms with van der Waals surface area (Å²) in [6.07, 6.45) is 0.270. The molecule has 0 heterocycles. The highest BCUT2D eigenvalue weighted by Crippen LogP contribution is 2.52. The molecule has 4 amide bonds. The molecule has 0 fully saturated rings. The van der Waals surface area contributed by atoms with Gasteiger partial charge in [-0.2, -0.15) is 0 Å². The topological polar surface area (TPSA) is 215 Å². The SMILES string of the molecule is COc1c(F)c2c(c(OC)c1OC)-c1ccc(OC)c(=O)cc1[C@@H](NC(=O)OCc1ccc(NC(=O)[C@H](CCCCN)NC(=O)[C@H](Cc3ccccc3)NC(=O)OCc3ccccc3)cc1)CC2. The van der Waals surface area contributed by atoms with Crippen molar-refractivity contribution in [1.82, 2.24) is 16.0 Å². The van der Waals surface area contributed by atoms with E-state index in [4.69, 9.17) is 34.2 Å². The number of carbonyl (C=O) groups is 4. The van der Waals surface area contributed by atoms with Crippen molar-refractivity contribution in [3.05, 3.63) is 147 Å². The van der Waals surface area contributed by atoms with Gasteiger partial charge in [0.05, 0.1) is 34.5 Å². The Morgan fingerprint density at radius 3 is 1.96 bits per heavy atom. The number of alkyl carbamates (subject to hydrolysis) is 2. The fourth-order valence-electron chi connectivity index (χ4n) is 7.93. The summed E-state index contributed by atoms with van der Waals surface area (Å²) in [6.45, 7) is 0.237. The third kappa shape index (κ3) is 12.6. The number of fused-ring (bicyclic) bond motifs is 3. The molecule has 0 unspecified atom stereocenters. The van der Waals surface area contributed by atoms with Crippen molar-refractivity contribution >= 4 is 29.7 Å². The van der Waals surface area contributed by atoms with E-state index < -0.39 is 53.4 Å². The van der Waals surface area contributed by atoms with Crippen LogP contribution >= 0.6 is 0 Å². The average molecular weight is 934 g/mol. The fourth-order valence-corrected chi connectivity index (χ4v) is 7.93. The highest BCUT2D eigenvalue weighted by Gasteiger charge is 2.34. The molecule has 0 saturated heterocycles. The van der Waals surface area contributed by atoms with E-state index in [9.17, 15) is 24.0 Å². The Kier molecular flexibility index (Phi) is 17.7. The second kappa shape index (κ2) is 24.2. The first-order chi connectivity index (χ1) is 33.0. The molecule has 1 aliphatic carbocycles. The van der Waals surface area contributed by atoms with Gasteiger partial charge in [-0.1, -0.05) is 78.9 Å². The summed E-state index contributed by atoms with van der Waals surface area (Å²) in [5, 5.41) is 11.2. The first-order valence-corrected chi connectivity index (χ1v) is 22.1. The Hall–Kier alpha value is -7.66. The van der Waals surface area contributed by atoms with E-state index in [1.807, 2.05) is 60.7 Å². The number of benzene rings is 4. The number of carbonyl (C=O) groups excluding carboxylic acids is 4. The Bertz CT molecular complexity index is 2600. The maximum Gasteiger partial charge on any atom is 0.408 e. The van der Waals surface area contributed by atoms with Crippen LogP contribution in [-0.2, 0) is 45.1 Å². The molecule has 0 aliphatic heterocycles. The second-order valence-electron chi connectivity index (χ2n) is 15.8. The molecule has 0 aromatic heterocycles. The number of nitrogens with two attached hydrogens (primary N) is 1. The van der Waals surface area contributed by atoms with Gasteiger partial charge in [0, 0.05) is 23.2 Å². The van der Waals surface area contributed by atoms with Gasteiger partial charge < -0.3 is 55.4 Å². The third-order valence-electron chi connectivity index (χ3n) is 11.4. The zero-order valence-electron chi connectivity index (χ0n) is 38.4. The van der Waals surface area contributed by atoms with E-state index >= 15 is 4.39 Å². The molecule has 0 spiro atoms. The number of amides is 4. The minimum atomic E-state index is -1.06. The molecular weight excluding hydrogens is 878 g/mol. The summed E-state index contributed by atoms with van der Waals surface area (Å²) < 4.78 is 49.1. The van der Waals surface area contributed by atoms with Gasteiger partial charge in [-0.3, -0.25) is 14.4 Å². The lowest BCUT2D eigenvalue weighted by Crippen LogP contribution is -2.53. The standard InChI is InChI=1S/C51H56FN5O11/c1-63-42-25-23-35-37(28-41(42)58)38(24-22-36-43(35)45(64-2)47(66-4)46(65-3)44(36)52)56-50(61)68-30-33-18-20-34(21-19-33)54-48(59)39(17-11-12-26-53)55-49(60)40(27-31-13-7-5-8-14-31)57-51(62)67-29-32-15-9-6-10-16-32/h5-10,13-16,18-21,23,25,28,38-40H,11-12,17,22,24,26-27,29-30,53H2,1-4H3,(H,54,59)(H,55,60)(H,56,61)(H,57,62)/t38-,39-,40-/m0/s1. The van der Waals surface area contributed by atoms with E-state index in [0.717, 1.165) is 11.1 Å². The summed E-state index contributed by atoms with van der Waals surface area (Å²) in [5.41, 5.74) is 9.20. The van der Waals surface area contributed by atoms with E-state index in [1.165, 1.54) is 40.6 Å². The van der Waals surface area contributed by atoms with Gasteiger partial charge in [-0.05, 0) is 90.7 Å². The molecule has 16 nitrogen and oxygen atoms in total. The largest absolute Gasteiger partial charge is 0.493 e. The smallest absolute Gasteiger partial charge is 0.408 e. The molecule has 0 bridgehead atoms. The first-order valence-electron chi connectivity index (χ1n) is 22.1. The monoisotopic (exact) mass is 933 g/mol. The summed E-state index contributed by atoms with van der Waals surface area (Å²) in [6, 6.07) is 26.4. The van der Waals surface area contributed by atoms with Crippen LogP contribution in [0, 0.1) is 5.82 Å². The molecule has 6 N–H and O–H groups in total. The molecule has 17 heteroatoms. The van der Waals surface area contributed by atoms with Gasteiger partial charge >= 0.3 is 12.2 Å². The van der Waals surface area contributed by atoms with Gasteiger partial charge in [0.2, 0.25) is 28.7 Å². The number of ether oxygens (including phenoxy) is 6. The zero-order valence-corrected chi connectivity index (χ0v) is 38.4. The minimum absolute atomic E-state index is 0.00607. The maximum atomic E-state index is 16.1. The number of hydrogen-bond acceptors (Lipinski definition) is 12. The minimum Gasteiger partial charge on any atom is -0.493 e. The Morgan fingerprint density at radius 1 is 0.691 bits per heavy atom. The van der Waals surface area contributed by atoms with Crippen molar-refractivity contribution in [2.24, 2.45) is 5.73 Å². The number of halogens is 1. The normalized spacial score (nSPS) is 13.5. The number of methoxy groups -OCH3 is 4. The number of hydrogen-bond donors (Lipinski definition) is 5. The molecule has 0 saturated carbocycles. The van der Waals surface area contributed by atoms with Gasteiger partial charge in [0.1, 0.15) is 25.3 Å². The average Bonchev–Trinajstić information content (AvgIpc) is 3.60. The number of unbranched alkanes of at least 4 members (excludes halogenated alkanes) is 1. The Labute approximate surface area is 393 Å². The lowest BCUT2D eigenvalue weighted by molar-refractivity contribution is -0.128. The maximum absolute atomic E-state index is 16.1. The van der Waals surface area contributed by atoms with E-state index in [0.29, 0.717) is 47.3 Å². The Morgan fingerprint density at radius 2 is 1.32 bits per heavy atom. The number of anilines is 1. The molecule has 5 aromatic rings. The molecular formula is C51H56FN5O11. The van der Waals surface area contributed by atoms with Gasteiger partial charge in [-0.15, -0.1) is 0 Å². The van der Waals surface area contributed by atoms with Crippen LogP contribution in [0.15, 0.2) is 108 Å². The van der Waals surface area contributed by atoms with Gasteiger partial charge in [0.25, 0.3) is 0 Å². The first kappa shape index (κ1) is 49.8. The highest BCUT2D eigenvalue weighted by molar-refractivity contribution is 5.98. The predicted octanol–water partition coefficient (Wildman–Crippen LogP) is 6.89. The summed E-state index contributed by atoms with van der Waals surface area (Å²) >= 11 is 0. The second-order valence-corrected chi connectivity index (χ2v) is 15.8. The summed E-state index contributed by atoms with van der Waals surface area (Å²) in [7, 11) is 5.45. The molecule has 6 rings (SSSR count).